The van der Waals surface area contributed by atoms with E-state index in [4.69, 9.17) is 0 Å². The van der Waals surface area contributed by atoms with E-state index in [1.54, 1.807) is 0 Å². The van der Waals surface area contributed by atoms with Crippen LogP contribution in [0.25, 0.3) is 0 Å². The molecule has 0 aromatic heterocycles. The second-order valence-electron chi connectivity index (χ2n) is 2.28. The lowest BCUT2D eigenvalue weighted by Crippen LogP contribution is -2.21. The Bertz CT molecular complexity index is 96.3. The summed E-state index contributed by atoms with van der Waals surface area (Å²) in [6, 6.07) is 0. The van der Waals surface area contributed by atoms with Crippen molar-refractivity contribution in [1.29, 1.82) is 0 Å². The average molecular weight is 188 g/mol. The highest BCUT2D eigenvalue weighted by Gasteiger charge is 1.95. The highest BCUT2D eigenvalue weighted by atomic mass is 15.1. The Morgan fingerprint density at radius 1 is 1.08 bits per heavy atom. The van der Waals surface area contributed by atoms with Crippen LogP contribution in [0, 0.1) is 0 Å². The average Bonchev–Trinajstić information content (AvgIpc) is 2.20. The second-order valence-corrected chi connectivity index (χ2v) is 2.28. The SMILES string of the molecule is CC.CC.CCCC(=NC)N(C)C. The van der Waals surface area contributed by atoms with Crippen LogP contribution in [0.1, 0.15) is 47.5 Å². The van der Waals surface area contributed by atoms with Crippen molar-refractivity contribution in [3.63, 3.8) is 0 Å². The minimum Gasteiger partial charge on any atom is -0.367 e. The fourth-order valence-corrected chi connectivity index (χ4v) is 0.759. The molecule has 2 heteroatoms. The molecule has 0 rings (SSSR count). The number of aliphatic imine (C=N–C) groups is 1. The van der Waals surface area contributed by atoms with Crippen LogP contribution in [0.15, 0.2) is 4.99 Å². The van der Waals surface area contributed by atoms with Crippen LogP contribution in [0.4, 0.5) is 0 Å². The van der Waals surface area contributed by atoms with Crippen molar-refractivity contribution >= 4 is 5.84 Å². The molecule has 0 aliphatic rings. The summed E-state index contributed by atoms with van der Waals surface area (Å²) in [4.78, 5) is 6.18. The summed E-state index contributed by atoms with van der Waals surface area (Å²) in [5.41, 5.74) is 0. The molecule has 0 saturated heterocycles. The predicted molar refractivity (Wildman–Crippen MR) is 64.7 cm³/mol. The van der Waals surface area contributed by atoms with Crippen LogP contribution in [-0.4, -0.2) is 31.9 Å². The first-order chi connectivity index (χ1) is 6.22. The smallest absolute Gasteiger partial charge is 0.0980 e. The van der Waals surface area contributed by atoms with Crippen LogP contribution in [-0.2, 0) is 0 Å². The molecule has 0 aliphatic carbocycles. The fourth-order valence-electron chi connectivity index (χ4n) is 0.759. The number of amidine groups is 1. The van der Waals surface area contributed by atoms with Crippen LogP contribution in [0.5, 0.6) is 0 Å². The maximum absolute atomic E-state index is 4.12. The van der Waals surface area contributed by atoms with E-state index in [2.05, 4.69) is 16.8 Å². The molecular formula is C11H28N2. The van der Waals surface area contributed by atoms with Gasteiger partial charge in [0.05, 0.1) is 5.84 Å². The number of hydrogen-bond acceptors (Lipinski definition) is 1. The molecule has 0 N–H and O–H groups in total. The topological polar surface area (TPSA) is 15.6 Å². The Kier molecular flexibility index (Phi) is 24.7. The zero-order chi connectivity index (χ0) is 11.3. The molecule has 0 unspecified atom stereocenters. The highest BCUT2D eigenvalue weighted by molar-refractivity contribution is 5.81. The first-order valence-electron chi connectivity index (χ1n) is 5.35. The van der Waals surface area contributed by atoms with Gasteiger partial charge in [0, 0.05) is 27.6 Å². The van der Waals surface area contributed by atoms with Crippen LogP contribution < -0.4 is 0 Å². The third kappa shape index (κ3) is 14.3. The van der Waals surface area contributed by atoms with Gasteiger partial charge in [-0.05, 0) is 6.42 Å². The zero-order valence-electron chi connectivity index (χ0n) is 10.8. The van der Waals surface area contributed by atoms with Gasteiger partial charge >= 0.3 is 0 Å². The van der Waals surface area contributed by atoms with Gasteiger partial charge in [-0.2, -0.15) is 0 Å². The van der Waals surface area contributed by atoms with E-state index >= 15 is 0 Å². The van der Waals surface area contributed by atoms with E-state index in [0.29, 0.717) is 0 Å². The highest BCUT2D eigenvalue weighted by Crippen LogP contribution is 1.93. The Hall–Kier alpha value is -0.530. The first kappa shape index (κ1) is 18.3. The van der Waals surface area contributed by atoms with Crippen molar-refractivity contribution in [2.75, 3.05) is 21.1 Å². The molecule has 0 atom stereocenters. The number of nitrogens with zero attached hydrogens (tertiary/aromatic N) is 2. The van der Waals surface area contributed by atoms with Gasteiger partial charge in [-0.25, -0.2) is 0 Å². The summed E-state index contributed by atoms with van der Waals surface area (Å²) < 4.78 is 0. The van der Waals surface area contributed by atoms with Crippen molar-refractivity contribution in [3.05, 3.63) is 0 Å². The standard InChI is InChI=1S/C7H16N2.2C2H6/c1-5-6-7(8-2)9(3)4;2*1-2/h5-6H2,1-4H3;2*1-2H3. The van der Waals surface area contributed by atoms with Crippen molar-refractivity contribution in [1.82, 2.24) is 4.90 Å². The lowest BCUT2D eigenvalue weighted by molar-refractivity contribution is 0.599. The van der Waals surface area contributed by atoms with Crippen LogP contribution in [0.2, 0.25) is 0 Å². The summed E-state index contributed by atoms with van der Waals surface area (Å²) in [6.45, 7) is 10.2. The molecule has 0 radical (unpaired) electrons. The summed E-state index contributed by atoms with van der Waals surface area (Å²) in [7, 11) is 5.89. The van der Waals surface area contributed by atoms with Gasteiger partial charge in [0.25, 0.3) is 0 Å². The van der Waals surface area contributed by atoms with E-state index in [9.17, 15) is 0 Å². The molecule has 0 amide bonds. The Balaban J connectivity index is -0.000000218. The normalized spacial score (nSPS) is 9.08. The number of hydrogen-bond donors (Lipinski definition) is 0. The van der Waals surface area contributed by atoms with Crippen LogP contribution in [0.3, 0.4) is 0 Å². The van der Waals surface area contributed by atoms with E-state index < -0.39 is 0 Å². The van der Waals surface area contributed by atoms with Crippen molar-refractivity contribution < 1.29 is 0 Å². The molecule has 0 aliphatic heterocycles. The molecule has 0 bridgehead atoms. The monoisotopic (exact) mass is 188 g/mol. The second kappa shape index (κ2) is 17.5. The lowest BCUT2D eigenvalue weighted by Gasteiger charge is -2.13. The summed E-state index contributed by atoms with van der Waals surface area (Å²) in [6.07, 6.45) is 2.26. The van der Waals surface area contributed by atoms with Gasteiger partial charge in [-0.15, -0.1) is 0 Å². The van der Waals surface area contributed by atoms with E-state index in [-0.39, 0.29) is 0 Å². The third-order valence-electron chi connectivity index (χ3n) is 1.25. The lowest BCUT2D eigenvalue weighted by atomic mass is 10.3. The van der Waals surface area contributed by atoms with Gasteiger partial charge < -0.3 is 4.90 Å². The maximum atomic E-state index is 4.12. The Labute approximate surface area is 85.1 Å². The summed E-state index contributed by atoms with van der Waals surface area (Å²) >= 11 is 0. The van der Waals surface area contributed by atoms with Crippen molar-refractivity contribution in [2.45, 2.75) is 47.5 Å². The van der Waals surface area contributed by atoms with Gasteiger partial charge in [0.1, 0.15) is 0 Å². The molecule has 0 spiro atoms. The van der Waals surface area contributed by atoms with Gasteiger partial charge in [-0.1, -0.05) is 34.6 Å². The summed E-state index contributed by atoms with van der Waals surface area (Å²) in [5.74, 6) is 1.18. The zero-order valence-corrected chi connectivity index (χ0v) is 10.8. The molecule has 0 fully saturated rings. The molecule has 0 heterocycles. The van der Waals surface area contributed by atoms with Crippen molar-refractivity contribution in [3.8, 4) is 0 Å². The van der Waals surface area contributed by atoms with E-state index in [1.165, 1.54) is 12.3 Å². The largest absolute Gasteiger partial charge is 0.367 e. The Morgan fingerprint density at radius 3 is 1.54 bits per heavy atom. The predicted octanol–water partition coefficient (Wildman–Crippen LogP) is 3.43. The quantitative estimate of drug-likeness (QED) is 0.479. The molecular weight excluding hydrogens is 160 g/mol. The maximum Gasteiger partial charge on any atom is 0.0980 e. The van der Waals surface area contributed by atoms with Gasteiger partial charge in [0.2, 0.25) is 0 Å². The molecule has 82 valence electrons. The van der Waals surface area contributed by atoms with E-state index in [0.717, 1.165) is 6.42 Å². The minimum atomic E-state index is 1.09. The van der Waals surface area contributed by atoms with E-state index in [1.807, 2.05) is 48.8 Å². The molecule has 0 aromatic carbocycles. The van der Waals surface area contributed by atoms with Gasteiger partial charge in [-0.3, -0.25) is 4.99 Å². The summed E-state index contributed by atoms with van der Waals surface area (Å²) in [5, 5.41) is 0. The van der Waals surface area contributed by atoms with Gasteiger partial charge in [0.15, 0.2) is 0 Å². The minimum absolute atomic E-state index is 1.09. The molecule has 0 saturated carbocycles. The Morgan fingerprint density at radius 2 is 1.46 bits per heavy atom. The first-order valence-corrected chi connectivity index (χ1v) is 5.35. The molecule has 13 heavy (non-hydrogen) atoms. The molecule has 0 aromatic rings. The third-order valence-corrected chi connectivity index (χ3v) is 1.25. The van der Waals surface area contributed by atoms with Crippen molar-refractivity contribution in [2.24, 2.45) is 4.99 Å². The fraction of sp³-hybridized carbons (Fsp3) is 0.909. The van der Waals surface area contributed by atoms with Crippen LogP contribution >= 0.6 is 0 Å². The number of rotatable bonds is 2. The molecule has 2 nitrogen and oxygen atoms in total.